The number of esters is 1. The van der Waals surface area contributed by atoms with Gasteiger partial charge < -0.3 is 9.15 Å². The van der Waals surface area contributed by atoms with Gasteiger partial charge in [-0.15, -0.1) is 11.8 Å². The van der Waals surface area contributed by atoms with Crippen molar-refractivity contribution < 1.29 is 13.9 Å². The van der Waals surface area contributed by atoms with Gasteiger partial charge in [0.05, 0.1) is 12.0 Å². The zero-order chi connectivity index (χ0) is 17.8. The smallest absolute Gasteiger partial charge is 0.343 e. The van der Waals surface area contributed by atoms with Crippen molar-refractivity contribution in [3.05, 3.63) is 29.7 Å². The van der Waals surface area contributed by atoms with E-state index in [4.69, 9.17) is 9.15 Å². The van der Waals surface area contributed by atoms with E-state index in [0.29, 0.717) is 27.9 Å². The van der Waals surface area contributed by atoms with E-state index in [2.05, 4.69) is 21.8 Å². The molecule has 1 aliphatic heterocycles. The van der Waals surface area contributed by atoms with Crippen LogP contribution in [-0.4, -0.2) is 52.8 Å². The second-order valence-corrected chi connectivity index (χ2v) is 6.85. The third-order valence-corrected chi connectivity index (χ3v) is 5.06. The third kappa shape index (κ3) is 4.04. The van der Waals surface area contributed by atoms with Crippen molar-refractivity contribution in [2.24, 2.45) is 0 Å². The molecule has 3 heterocycles. The van der Waals surface area contributed by atoms with E-state index in [1.54, 1.807) is 18.4 Å². The van der Waals surface area contributed by atoms with Crippen LogP contribution < -0.4 is 0 Å². The molecule has 2 aromatic heterocycles. The van der Waals surface area contributed by atoms with Crippen LogP contribution in [0.1, 0.15) is 35.8 Å². The van der Waals surface area contributed by atoms with Gasteiger partial charge in [-0.25, -0.2) is 14.8 Å². The molecule has 0 aromatic carbocycles. The van der Waals surface area contributed by atoms with Gasteiger partial charge in [-0.1, -0.05) is 6.92 Å². The predicted octanol–water partition coefficient (Wildman–Crippen LogP) is 3.41. The summed E-state index contributed by atoms with van der Waals surface area (Å²) in [5.41, 5.74) is 1.07. The predicted molar refractivity (Wildman–Crippen MR) is 96.8 cm³/mol. The summed E-state index contributed by atoms with van der Waals surface area (Å²) < 4.78 is 11.1. The molecule has 0 radical (unpaired) electrons. The summed E-state index contributed by atoms with van der Waals surface area (Å²) in [7, 11) is 0. The van der Waals surface area contributed by atoms with Crippen molar-refractivity contribution >= 4 is 17.7 Å². The van der Waals surface area contributed by atoms with E-state index in [1.807, 2.05) is 13.2 Å². The highest BCUT2D eigenvalue weighted by Crippen LogP contribution is 2.26. The van der Waals surface area contributed by atoms with Crippen molar-refractivity contribution in [2.75, 3.05) is 25.9 Å². The van der Waals surface area contributed by atoms with Crippen molar-refractivity contribution in [2.45, 2.75) is 37.8 Å². The Morgan fingerprint density at radius 1 is 1.48 bits per heavy atom. The summed E-state index contributed by atoms with van der Waals surface area (Å²) in [5, 5.41) is 0.618. The number of hydrogen-bond donors (Lipinski definition) is 0. The monoisotopic (exact) mass is 361 g/mol. The maximum Gasteiger partial charge on any atom is 0.343 e. The molecule has 0 bridgehead atoms. The fourth-order valence-electron chi connectivity index (χ4n) is 3.05. The molecule has 1 fully saturated rings. The third-order valence-electron chi connectivity index (χ3n) is 4.38. The lowest BCUT2D eigenvalue weighted by atomic mass is 10.1. The minimum Gasteiger partial charge on any atom is -0.461 e. The van der Waals surface area contributed by atoms with Gasteiger partial charge in [0.15, 0.2) is 11.6 Å². The Balaban J connectivity index is 1.82. The zero-order valence-electron chi connectivity index (χ0n) is 14.8. The van der Waals surface area contributed by atoms with E-state index in [1.165, 1.54) is 11.8 Å². The SMILES string of the molecule is CCN1CCCC(OC(=O)c2c(C)nc(-c3ccco3)nc2SC)C1. The molecule has 0 spiro atoms. The van der Waals surface area contributed by atoms with Gasteiger partial charge in [0.1, 0.15) is 16.7 Å². The number of piperidine rings is 1. The second-order valence-electron chi connectivity index (χ2n) is 6.06. The van der Waals surface area contributed by atoms with Gasteiger partial charge in [-0.3, -0.25) is 4.90 Å². The van der Waals surface area contributed by atoms with E-state index in [-0.39, 0.29) is 12.1 Å². The summed E-state index contributed by atoms with van der Waals surface area (Å²) in [5.74, 6) is 0.734. The molecular formula is C18H23N3O3S. The molecule has 1 unspecified atom stereocenters. The molecule has 0 N–H and O–H groups in total. The van der Waals surface area contributed by atoms with Crippen LogP contribution in [0.2, 0.25) is 0 Å². The van der Waals surface area contributed by atoms with Crippen LogP contribution in [0.3, 0.4) is 0 Å². The summed E-state index contributed by atoms with van der Waals surface area (Å²) in [4.78, 5) is 24.0. The normalized spacial score (nSPS) is 18.3. The largest absolute Gasteiger partial charge is 0.461 e. The van der Waals surface area contributed by atoms with Crippen molar-refractivity contribution in [3.8, 4) is 11.6 Å². The van der Waals surface area contributed by atoms with Crippen LogP contribution in [-0.2, 0) is 4.74 Å². The number of furan rings is 1. The molecular weight excluding hydrogens is 338 g/mol. The molecule has 6 nitrogen and oxygen atoms in total. The molecule has 3 rings (SSSR count). The number of aromatic nitrogens is 2. The van der Waals surface area contributed by atoms with E-state index < -0.39 is 0 Å². The number of hydrogen-bond acceptors (Lipinski definition) is 7. The van der Waals surface area contributed by atoms with Crippen molar-refractivity contribution in [1.29, 1.82) is 0 Å². The molecule has 1 saturated heterocycles. The lowest BCUT2D eigenvalue weighted by Crippen LogP contribution is -2.40. The fraction of sp³-hybridized carbons (Fsp3) is 0.500. The quantitative estimate of drug-likeness (QED) is 0.459. The number of carbonyl (C=O) groups excluding carboxylic acids is 1. The van der Waals surface area contributed by atoms with Crippen LogP contribution in [0.5, 0.6) is 0 Å². The van der Waals surface area contributed by atoms with Crippen LogP contribution >= 0.6 is 11.8 Å². The number of rotatable bonds is 5. The van der Waals surface area contributed by atoms with E-state index in [9.17, 15) is 4.79 Å². The molecule has 0 amide bonds. The maximum atomic E-state index is 12.7. The molecule has 1 aliphatic rings. The number of likely N-dealkylation sites (N-methyl/N-ethyl adjacent to an activating group) is 1. The maximum absolute atomic E-state index is 12.7. The first kappa shape index (κ1) is 17.9. The molecule has 0 saturated carbocycles. The number of aryl methyl sites for hydroxylation is 1. The number of carbonyl (C=O) groups is 1. The number of nitrogens with zero attached hydrogens (tertiary/aromatic N) is 3. The Labute approximate surface area is 152 Å². The molecule has 7 heteroatoms. The number of ether oxygens (including phenoxy) is 1. The summed E-state index contributed by atoms with van der Waals surface area (Å²) in [6, 6.07) is 3.59. The van der Waals surface area contributed by atoms with E-state index >= 15 is 0 Å². The fourth-order valence-corrected chi connectivity index (χ4v) is 3.67. The standard InChI is InChI=1S/C18H23N3O3S/c1-4-21-9-5-7-13(11-21)24-18(22)15-12(2)19-16(20-17(15)25-3)14-8-6-10-23-14/h6,8,10,13H,4-5,7,9,11H2,1-3H3. The highest BCUT2D eigenvalue weighted by Gasteiger charge is 2.26. The molecule has 134 valence electrons. The first-order chi connectivity index (χ1) is 12.1. The lowest BCUT2D eigenvalue weighted by molar-refractivity contribution is 0.00718. The molecule has 1 atom stereocenters. The Kier molecular flexibility index (Phi) is 5.75. The first-order valence-corrected chi connectivity index (χ1v) is 9.74. The van der Waals surface area contributed by atoms with Gasteiger partial charge in [0.25, 0.3) is 0 Å². The molecule has 2 aromatic rings. The van der Waals surface area contributed by atoms with Crippen LogP contribution in [0.15, 0.2) is 27.8 Å². The zero-order valence-corrected chi connectivity index (χ0v) is 15.6. The van der Waals surface area contributed by atoms with Gasteiger partial charge in [-0.2, -0.15) is 0 Å². The van der Waals surface area contributed by atoms with Crippen LogP contribution in [0, 0.1) is 6.92 Å². The average Bonchev–Trinajstić information content (AvgIpc) is 3.15. The van der Waals surface area contributed by atoms with Gasteiger partial charge >= 0.3 is 5.97 Å². The number of likely N-dealkylation sites (tertiary alicyclic amines) is 1. The Morgan fingerprint density at radius 2 is 2.32 bits per heavy atom. The molecule has 0 aliphatic carbocycles. The molecule has 25 heavy (non-hydrogen) atoms. The summed E-state index contributed by atoms with van der Waals surface area (Å²) in [6.07, 6.45) is 5.36. The summed E-state index contributed by atoms with van der Waals surface area (Å²) >= 11 is 1.41. The Morgan fingerprint density at radius 3 is 3.00 bits per heavy atom. The topological polar surface area (TPSA) is 68.5 Å². The second kappa shape index (κ2) is 8.01. The van der Waals surface area contributed by atoms with Crippen LogP contribution in [0.4, 0.5) is 0 Å². The Bertz CT molecular complexity index is 733. The highest BCUT2D eigenvalue weighted by atomic mass is 32.2. The first-order valence-electron chi connectivity index (χ1n) is 8.52. The van der Waals surface area contributed by atoms with E-state index in [0.717, 1.165) is 32.5 Å². The highest BCUT2D eigenvalue weighted by molar-refractivity contribution is 7.98. The van der Waals surface area contributed by atoms with Crippen molar-refractivity contribution in [1.82, 2.24) is 14.9 Å². The van der Waals surface area contributed by atoms with Gasteiger partial charge in [0, 0.05) is 6.54 Å². The lowest BCUT2D eigenvalue weighted by Gasteiger charge is -2.31. The summed E-state index contributed by atoms with van der Waals surface area (Å²) in [6.45, 7) is 6.77. The minimum absolute atomic E-state index is 0.0694. The van der Waals surface area contributed by atoms with Gasteiger partial charge in [0.2, 0.25) is 0 Å². The van der Waals surface area contributed by atoms with Gasteiger partial charge in [-0.05, 0) is 51.2 Å². The minimum atomic E-state index is -0.337. The van der Waals surface area contributed by atoms with Crippen molar-refractivity contribution in [3.63, 3.8) is 0 Å². The van der Waals surface area contributed by atoms with Crippen LogP contribution in [0.25, 0.3) is 11.6 Å². The Hall–Kier alpha value is -1.86. The average molecular weight is 361 g/mol. The number of thioether (sulfide) groups is 1.